The van der Waals surface area contributed by atoms with E-state index in [1.807, 2.05) is 19.1 Å². The summed E-state index contributed by atoms with van der Waals surface area (Å²) in [4.78, 5) is 0.306. The Kier molecular flexibility index (Phi) is 3.76. The molecule has 1 heterocycles. The Morgan fingerprint density at radius 3 is 2.35 bits per heavy atom. The predicted molar refractivity (Wildman–Crippen MR) is 103 cm³/mol. The SMILES string of the molecule is Cc1ccc2nsnc2c1S(=O)(=O)N[C@H](C)C12CC3CC(CC(C3)C1)C2. The summed E-state index contributed by atoms with van der Waals surface area (Å²) < 4.78 is 38.1. The second-order valence-electron chi connectivity index (χ2n) is 8.97. The third-order valence-corrected chi connectivity index (χ3v) is 9.44. The molecule has 1 aromatic carbocycles. The largest absolute Gasteiger partial charge is 0.243 e. The fourth-order valence-electron chi connectivity index (χ4n) is 6.39. The van der Waals surface area contributed by atoms with Crippen molar-refractivity contribution in [1.82, 2.24) is 13.5 Å². The van der Waals surface area contributed by atoms with E-state index in [1.54, 1.807) is 0 Å². The van der Waals surface area contributed by atoms with Crippen LogP contribution in [0.2, 0.25) is 0 Å². The van der Waals surface area contributed by atoms with Crippen LogP contribution in [-0.2, 0) is 10.0 Å². The number of benzene rings is 1. The number of hydrogen-bond acceptors (Lipinski definition) is 5. The van der Waals surface area contributed by atoms with Gasteiger partial charge in [0.1, 0.15) is 15.9 Å². The van der Waals surface area contributed by atoms with Crippen molar-refractivity contribution in [1.29, 1.82) is 0 Å². The number of hydrogen-bond donors (Lipinski definition) is 1. The molecule has 0 aliphatic heterocycles. The molecule has 26 heavy (non-hydrogen) atoms. The van der Waals surface area contributed by atoms with Crippen molar-refractivity contribution < 1.29 is 8.42 Å². The summed E-state index contributed by atoms with van der Waals surface area (Å²) in [6.07, 6.45) is 7.64. The van der Waals surface area contributed by atoms with E-state index in [1.165, 1.54) is 38.5 Å². The summed E-state index contributed by atoms with van der Waals surface area (Å²) >= 11 is 1.07. The van der Waals surface area contributed by atoms with Gasteiger partial charge in [-0.2, -0.15) is 8.75 Å². The van der Waals surface area contributed by atoms with E-state index in [4.69, 9.17) is 0 Å². The molecular formula is C19H25N3O2S2. The molecule has 140 valence electrons. The van der Waals surface area contributed by atoms with Gasteiger partial charge in [-0.3, -0.25) is 0 Å². The summed E-state index contributed by atoms with van der Waals surface area (Å²) in [6, 6.07) is 3.63. The fraction of sp³-hybridized carbons (Fsp3) is 0.684. The van der Waals surface area contributed by atoms with Crippen LogP contribution in [-0.4, -0.2) is 23.2 Å². The van der Waals surface area contributed by atoms with Gasteiger partial charge < -0.3 is 0 Å². The summed E-state index contributed by atoms with van der Waals surface area (Å²) in [6.45, 7) is 3.92. The maximum Gasteiger partial charge on any atom is 0.243 e. The molecule has 0 amide bonds. The van der Waals surface area contributed by atoms with Gasteiger partial charge in [0.25, 0.3) is 0 Å². The maximum atomic E-state index is 13.3. The highest BCUT2D eigenvalue weighted by Crippen LogP contribution is 2.61. The third-order valence-electron chi connectivity index (χ3n) is 7.18. The number of aromatic nitrogens is 2. The van der Waals surface area contributed by atoms with Crippen molar-refractivity contribution in [2.75, 3.05) is 0 Å². The first kappa shape index (κ1) is 17.1. The first-order valence-electron chi connectivity index (χ1n) is 9.60. The van der Waals surface area contributed by atoms with E-state index in [0.29, 0.717) is 15.9 Å². The highest BCUT2D eigenvalue weighted by Gasteiger charge is 2.53. The minimum Gasteiger partial charge on any atom is -0.208 e. The zero-order chi connectivity index (χ0) is 18.1. The molecule has 4 bridgehead atoms. The van der Waals surface area contributed by atoms with Crippen LogP contribution in [0.5, 0.6) is 0 Å². The molecular weight excluding hydrogens is 366 g/mol. The van der Waals surface area contributed by atoms with Crippen LogP contribution >= 0.6 is 11.7 Å². The summed E-state index contributed by atoms with van der Waals surface area (Å²) in [5.74, 6) is 2.42. The Bertz CT molecular complexity index is 931. The molecule has 0 saturated heterocycles. The topological polar surface area (TPSA) is 72.0 Å². The number of nitrogens with one attached hydrogen (secondary N) is 1. The van der Waals surface area contributed by atoms with Gasteiger partial charge >= 0.3 is 0 Å². The van der Waals surface area contributed by atoms with Gasteiger partial charge in [0.05, 0.1) is 11.7 Å². The monoisotopic (exact) mass is 391 g/mol. The second-order valence-corrected chi connectivity index (χ2v) is 11.1. The summed E-state index contributed by atoms with van der Waals surface area (Å²) in [5, 5.41) is 0. The highest BCUT2D eigenvalue weighted by molar-refractivity contribution is 7.89. The van der Waals surface area contributed by atoms with Crippen LogP contribution in [0.25, 0.3) is 11.0 Å². The fourth-order valence-corrected chi connectivity index (χ4v) is 8.72. The van der Waals surface area contributed by atoms with Crippen LogP contribution in [0.4, 0.5) is 0 Å². The van der Waals surface area contributed by atoms with Gasteiger partial charge in [0.2, 0.25) is 10.0 Å². The highest BCUT2D eigenvalue weighted by atomic mass is 32.2. The van der Waals surface area contributed by atoms with E-state index in [2.05, 4.69) is 20.4 Å². The molecule has 4 aliphatic carbocycles. The molecule has 0 unspecified atom stereocenters. The molecule has 0 radical (unpaired) electrons. The Labute approximate surface area is 159 Å². The van der Waals surface area contributed by atoms with Gasteiger partial charge in [-0.05, 0) is 87.2 Å². The Morgan fingerprint density at radius 1 is 1.12 bits per heavy atom. The van der Waals surface area contributed by atoms with Gasteiger partial charge in [0.15, 0.2) is 0 Å². The summed E-state index contributed by atoms with van der Waals surface area (Å²) in [7, 11) is -3.63. The Morgan fingerprint density at radius 2 is 1.73 bits per heavy atom. The maximum absolute atomic E-state index is 13.3. The molecule has 1 aromatic heterocycles. The van der Waals surface area contributed by atoms with E-state index in [9.17, 15) is 8.42 Å². The molecule has 4 saturated carbocycles. The lowest BCUT2D eigenvalue weighted by atomic mass is 9.48. The van der Waals surface area contributed by atoms with Crippen molar-refractivity contribution >= 4 is 32.8 Å². The van der Waals surface area contributed by atoms with Gasteiger partial charge in [0, 0.05) is 6.04 Å². The Balaban J connectivity index is 1.48. The Hall–Kier alpha value is -1.05. The van der Waals surface area contributed by atoms with E-state index in [0.717, 1.165) is 35.0 Å². The normalized spacial score (nSPS) is 34.5. The molecule has 7 heteroatoms. The van der Waals surface area contributed by atoms with E-state index in [-0.39, 0.29) is 11.5 Å². The lowest BCUT2D eigenvalue weighted by molar-refractivity contribution is -0.0666. The van der Waals surface area contributed by atoms with Crippen LogP contribution in [0.15, 0.2) is 17.0 Å². The predicted octanol–water partition coefficient (Wildman–Crippen LogP) is 3.88. The van der Waals surface area contributed by atoms with Crippen molar-refractivity contribution in [3.63, 3.8) is 0 Å². The third kappa shape index (κ3) is 2.54. The number of fused-ring (bicyclic) bond motifs is 1. The molecule has 4 aliphatic rings. The van der Waals surface area contributed by atoms with E-state index >= 15 is 0 Å². The molecule has 5 nitrogen and oxygen atoms in total. The zero-order valence-electron chi connectivity index (χ0n) is 15.2. The molecule has 1 N–H and O–H groups in total. The number of aryl methyl sites for hydroxylation is 1. The zero-order valence-corrected chi connectivity index (χ0v) is 16.9. The minimum absolute atomic E-state index is 0.0397. The summed E-state index contributed by atoms with van der Waals surface area (Å²) in [5.41, 5.74) is 2.03. The molecule has 2 aromatic rings. The minimum atomic E-state index is -3.63. The smallest absolute Gasteiger partial charge is 0.208 e. The quantitative estimate of drug-likeness (QED) is 0.858. The average molecular weight is 392 g/mol. The molecule has 1 atom stereocenters. The van der Waals surface area contributed by atoms with Crippen LogP contribution in [0.1, 0.15) is 51.0 Å². The van der Waals surface area contributed by atoms with Crippen LogP contribution < -0.4 is 4.72 Å². The average Bonchev–Trinajstić information content (AvgIpc) is 3.00. The van der Waals surface area contributed by atoms with Crippen LogP contribution in [0.3, 0.4) is 0 Å². The first-order valence-corrected chi connectivity index (χ1v) is 11.8. The first-order chi connectivity index (χ1) is 12.4. The standard InChI is InChI=1S/C19H25N3O2S2/c1-11-3-4-16-17(21-25-20-16)18(11)26(23,24)22-12(2)19-8-13-5-14(9-19)7-15(6-13)10-19/h3-4,12-15,22H,5-10H2,1-2H3/t12-,13?,14?,15?,19?/m1/s1. The van der Waals surface area contributed by atoms with Gasteiger partial charge in [-0.15, -0.1) is 0 Å². The molecule has 6 rings (SSSR count). The van der Waals surface area contributed by atoms with Crippen molar-refractivity contribution in [2.24, 2.45) is 23.2 Å². The van der Waals surface area contributed by atoms with Crippen molar-refractivity contribution in [3.05, 3.63) is 17.7 Å². The van der Waals surface area contributed by atoms with E-state index < -0.39 is 10.0 Å². The lowest BCUT2D eigenvalue weighted by Crippen LogP contribution is -2.55. The van der Waals surface area contributed by atoms with Gasteiger partial charge in [-0.1, -0.05) is 6.07 Å². The van der Waals surface area contributed by atoms with Crippen molar-refractivity contribution in [3.8, 4) is 0 Å². The number of nitrogens with zero attached hydrogens (tertiary/aromatic N) is 2. The van der Waals surface area contributed by atoms with Crippen molar-refractivity contribution in [2.45, 2.75) is 63.3 Å². The number of rotatable bonds is 4. The molecule has 0 spiro atoms. The number of sulfonamides is 1. The lowest BCUT2D eigenvalue weighted by Gasteiger charge is -2.59. The van der Waals surface area contributed by atoms with Crippen LogP contribution in [0, 0.1) is 30.1 Å². The second kappa shape index (κ2) is 5.72. The molecule has 4 fully saturated rings. The van der Waals surface area contributed by atoms with Gasteiger partial charge in [-0.25, -0.2) is 13.1 Å².